The van der Waals surface area contributed by atoms with Crippen molar-refractivity contribution in [2.75, 3.05) is 0 Å². The molecule has 2 aromatic rings. The summed E-state index contributed by atoms with van der Waals surface area (Å²) in [6.07, 6.45) is 4.27. The van der Waals surface area contributed by atoms with Gasteiger partial charge in [-0.05, 0) is 47.0 Å². The van der Waals surface area contributed by atoms with Crippen LogP contribution in [0.2, 0.25) is 0 Å². The quantitative estimate of drug-likeness (QED) is 0.863. The largest absolute Gasteiger partial charge is 0.486 e. The van der Waals surface area contributed by atoms with E-state index in [0.717, 1.165) is 17.9 Å². The van der Waals surface area contributed by atoms with Crippen molar-refractivity contribution in [2.45, 2.75) is 32.0 Å². The maximum Gasteiger partial charge on any atom is 0.146 e. The van der Waals surface area contributed by atoms with Gasteiger partial charge in [-0.15, -0.1) is 0 Å². The Bertz CT molecular complexity index is 595. The van der Waals surface area contributed by atoms with Gasteiger partial charge in [-0.25, -0.2) is 4.39 Å². The van der Waals surface area contributed by atoms with Crippen LogP contribution in [-0.4, -0.2) is 6.04 Å². The van der Waals surface area contributed by atoms with Gasteiger partial charge in [-0.2, -0.15) is 0 Å². The topological polar surface area (TPSA) is 34.4 Å². The van der Waals surface area contributed by atoms with Gasteiger partial charge in [0.25, 0.3) is 0 Å². The van der Waals surface area contributed by atoms with E-state index in [2.05, 4.69) is 21.2 Å². The van der Waals surface area contributed by atoms with Crippen LogP contribution >= 0.6 is 15.9 Å². The molecule has 0 spiro atoms. The molecule has 3 rings (SSSR count). The molecule has 5 heteroatoms. The SMILES string of the molecule is Fc1cc(OCc2cc(CNC3CC3)co2)ccc1Br. The summed E-state index contributed by atoms with van der Waals surface area (Å²) in [5, 5.41) is 3.42. The molecular weight excluding hydrogens is 325 g/mol. The van der Waals surface area contributed by atoms with E-state index >= 15 is 0 Å². The number of ether oxygens (including phenoxy) is 1. The van der Waals surface area contributed by atoms with Gasteiger partial charge < -0.3 is 14.5 Å². The fraction of sp³-hybridized carbons (Fsp3) is 0.333. The summed E-state index contributed by atoms with van der Waals surface area (Å²) in [6, 6.07) is 7.33. The van der Waals surface area contributed by atoms with E-state index < -0.39 is 0 Å². The Labute approximate surface area is 125 Å². The average Bonchev–Trinajstić information content (AvgIpc) is 3.16. The van der Waals surface area contributed by atoms with E-state index in [4.69, 9.17) is 9.15 Å². The molecule has 1 aromatic heterocycles. The first kappa shape index (κ1) is 13.6. The van der Waals surface area contributed by atoms with Crippen molar-refractivity contribution in [3.63, 3.8) is 0 Å². The maximum absolute atomic E-state index is 13.3. The lowest BCUT2D eigenvalue weighted by molar-refractivity contribution is 0.269. The van der Waals surface area contributed by atoms with Crippen molar-refractivity contribution in [1.29, 1.82) is 0 Å². The van der Waals surface area contributed by atoms with Gasteiger partial charge in [-0.3, -0.25) is 0 Å². The van der Waals surface area contributed by atoms with Gasteiger partial charge in [0.15, 0.2) is 0 Å². The Hall–Kier alpha value is -1.33. The summed E-state index contributed by atoms with van der Waals surface area (Å²) in [6.45, 7) is 1.12. The van der Waals surface area contributed by atoms with Crippen LogP contribution in [0, 0.1) is 5.82 Å². The number of hydrogen-bond donors (Lipinski definition) is 1. The molecule has 0 bridgehead atoms. The van der Waals surface area contributed by atoms with Crippen LogP contribution in [-0.2, 0) is 13.2 Å². The first-order valence-corrected chi connectivity index (χ1v) is 7.37. The maximum atomic E-state index is 13.3. The molecule has 1 heterocycles. The van der Waals surface area contributed by atoms with Gasteiger partial charge >= 0.3 is 0 Å². The fourth-order valence-corrected chi connectivity index (χ4v) is 2.11. The van der Waals surface area contributed by atoms with Gasteiger partial charge in [0.2, 0.25) is 0 Å². The number of hydrogen-bond acceptors (Lipinski definition) is 3. The molecule has 1 N–H and O–H groups in total. The third kappa shape index (κ3) is 3.61. The minimum absolute atomic E-state index is 0.296. The van der Waals surface area contributed by atoms with E-state index in [1.807, 2.05) is 6.07 Å². The second-order valence-corrected chi connectivity index (χ2v) is 5.80. The molecule has 1 saturated carbocycles. The van der Waals surface area contributed by atoms with E-state index in [0.29, 0.717) is 22.9 Å². The van der Waals surface area contributed by atoms with Crippen LogP contribution in [0.25, 0.3) is 0 Å². The molecule has 1 aromatic carbocycles. The number of halogens is 2. The Morgan fingerprint density at radius 2 is 2.20 bits per heavy atom. The lowest BCUT2D eigenvalue weighted by Gasteiger charge is -2.04. The number of rotatable bonds is 6. The summed E-state index contributed by atoms with van der Waals surface area (Å²) < 4.78 is 24.7. The zero-order valence-electron chi connectivity index (χ0n) is 10.9. The van der Waals surface area contributed by atoms with E-state index in [1.165, 1.54) is 18.9 Å². The predicted octanol–water partition coefficient (Wildman–Crippen LogP) is 4.01. The highest BCUT2D eigenvalue weighted by atomic mass is 79.9. The average molecular weight is 340 g/mol. The molecule has 3 nitrogen and oxygen atoms in total. The van der Waals surface area contributed by atoms with Crippen LogP contribution in [0.3, 0.4) is 0 Å². The number of furan rings is 1. The normalized spacial score (nSPS) is 14.5. The summed E-state index contributed by atoms with van der Waals surface area (Å²) in [5.41, 5.74) is 1.11. The first-order chi connectivity index (χ1) is 9.70. The molecule has 0 saturated heterocycles. The molecule has 0 radical (unpaired) electrons. The predicted molar refractivity (Wildman–Crippen MR) is 77.0 cm³/mol. The summed E-state index contributed by atoms with van der Waals surface area (Å²) in [7, 11) is 0. The zero-order valence-corrected chi connectivity index (χ0v) is 12.5. The lowest BCUT2D eigenvalue weighted by Crippen LogP contribution is -2.14. The highest BCUT2D eigenvalue weighted by Gasteiger charge is 2.20. The van der Waals surface area contributed by atoms with Crippen molar-refractivity contribution in [3.8, 4) is 5.75 Å². The molecule has 1 aliphatic carbocycles. The monoisotopic (exact) mass is 339 g/mol. The number of nitrogens with one attached hydrogen (secondary N) is 1. The molecule has 20 heavy (non-hydrogen) atoms. The summed E-state index contributed by atoms with van der Waals surface area (Å²) in [4.78, 5) is 0. The van der Waals surface area contributed by atoms with E-state index in [1.54, 1.807) is 18.4 Å². The first-order valence-electron chi connectivity index (χ1n) is 6.58. The fourth-order valence-electron chi connectivity index (χ4n) is 1.87. The molecule has 0 atom stereocenters. The molecule has 0 unspecified atom stereocenters. The van der Waals surface area contributed by atoms with Crippen molar-refractivity contribution >= 4 is 15.9 Å². The highest BCUT2D eigenvalue weighted by Crippen LogP contribution is 2.22. The van der Waals surface area contributed by atoms with Gasteiger partial charge in [0, 0.05) is 24.2 Å². The second-order valence-electron chi connectivity index (χ2n) is 4.94. The molecule has 106 valence electrons. The molecule has 1 fully saturated rings. The molecular formula is C15H15BrFNO2. The minimum Gasteiger partial charge on any atom is -0.486 e. The Kier molecular flexibility index (Phi) is 4.08. The van der Waals surface area contributed by atoms with E-state index in [-0.39, 0.29) is 5.82 Å². The number of benzene rings is 1. The van der Waals surface area contributed by atoms with Crippen molar-refractivity contribution in [2.24, 2.45) is 0 Å². The van der Waals surface area contributed by atoms with Crippen LogP contribution in [0.4, 0.5) is 4.39 Å². The molecule has 1 aliphatic rings. The van der Waals surface area contributed by atoms with Crippen LogP contribution < -0.4 is 10.1 Å². The highest BCUT2D eigenvalue weighted by molar-refractivity contribution is 9.10. The van der Waals surface area contributed by atoms with Crippen molar-refractivity contribution < 1.29 is 13.5 Å². The summed E-state index contributed by atoms with van der Waals surface area (Å²) >= 11 is 3.11. The van der Waals surface area contributed by atoms with Crippen LogP contribution in [0.15, 0.2) is 39.4 Å². The minimum atomic E-state index is -0.337. The standard InChI is InChI=1S/C15H15BrFNO2/c16-14-4-3-12(6-15(14)17)20-9-13-5-10(8-19-13)7-18-11-1-2-11/h3-6,8,11,18H,1-2,7,9H2. The Morgan fingerprint density at radius 3 is 2.95 bits per heavy atom. The van der Waals surface area contributed by atoms with Crippen LogP contribution in [0.1, 0.15) is 24.2 Å². The second kappa shape index (κ2) is 5.97. The van der Waals surface area contributed by atoms with Crippen molar-refractivity contribution in [1.82, 2.24) is 5.32 Å². The smallest absolute Gasteiger partial charge is 0.146 e. The third-order valence-electron chi connectivity index (χ3n) is 3.15. The Morgan fingerprint density at radius 1 is 1.35 bits per heavy atom. The van der Waals surface area contributed by atoms with E-state index in [9.17, 15) is 4.39 Å². The third-order valence-corrected chi connectivity index (χ3v) is 3.80. The molecule has 0 aliphatic heterocycles. The van der Waals surface area contributed by atoms with Gasteiger partial charge in [0.05, 0.1) is 10.7 Å². The van der Waals surface area contributed by atoms with Gasteiger partial charge in [0.1, 0.15) is 23.9 Å². The lowest BCUT2D eigenvalue weighted by atomic mass is 10.3. The van der Waals surface area contributed by atoms with Crippen molar-refractivity contribution in [3.05, 3.63) is 52.1 Å². The van der Waals surface area contributed by atoms with Gasteiger partial charge in [-0.1, -0.05) is 0 Å². The Balaban J connectivity index is 1.53. The summed E-state index contributed by atoms with van der Waals surface area (Å²) in [5.74, 6) is 0.886. The molecule has 0 amide bonds. The van der Waals surface area contributed by atoms with Crippen LogP contribution in [0.5, 0.6) is 5.75 Å². The zero-order chi connectivity index (χ0) is 13.9.